The largest absolute Gasteiger partial charge is 0.303 e. The zero-order valence-corrected chi connectivity index (χ0v) is 10.5. The summed E-state index contributed by atoms with van der Waals surface area (Å²) in [4.78, 5) is 0. The Hall–Kier alpha value is -2.15. The fourth-order valence-electron chi connectivity index (χ4n) is 1.78. The van der Waals surface area contributed by atoms with Crippen LogP contribution in [0.2, 0.25) is 0 Å². The second kappa shape index (κ2) is 4.26. The van der Waals surface area contributed by atoms with Crippen LogP contribution in [0, 0.1) is 4.77 Å². The molecule has 0 bridgehead atoms. The first-order chi connectivity index (χ1) is 8.75. The summed E-state index contributed by atoms with van der Waals surface area (Å²) in [5.41, 5.74) is 2.92. The molecule has 0 spiro atoms. The van der Waals surface area contributed by atoms with Crippen LogP contribution in [0.1, 0.15) is 5.56 Å². The average Bonchev–Trinajstić information content (AvgIpc) is 3.02. The van der Waals surface area contributed by atoms with Gasteiger partial charge in [-0.1, -0.05) is 24.3 Å². The Morgan fingerprint density at radius 2 is 1.94 bits per heavy atom. The summed E-state index contributed by atoms with van der Waals surface area (Å²) in [6.45, 7) is 0.547. The van der Waals surface area contributed by atoms with Crippen LogP contribution < -0.4 is 0 Å². The number of benzene rings is 1. The quantitative estimate of drug-likeness (QED) is 0.840. The number of hydrogen-bond donors (Lipinski definition) is 1. The molecule has 90 valence electrons. The molecule has 2 heterocycles. The van der Waals surface area contributed by atoms with Crippen molar-refractivity contribution in [2.75, 3.05) is 6.54 Å². The van der Waals surface area contributed by atoms with Crippen LogP contribution in [0.4, 0.5) is 0 Å². The van der Waals surface area contributed by atoms with Crippen molar-refractivity contribution in [3.05, 3.63) is 34.6 Å². The normalized spacial score (nSPS) is 13.9. The van der Waals surface area contributed by atoms with Gasteiger partial charge in [0.25, 0.3) is 0 Å². The van der Waals surface area contributed by atoms with Crippen molar-refractivity contribution >= 4 is 17.9 Å². The van der Waals surface area contributed by atoms with Gasteiger partial charge in [-0.2, -0.15) is 10.2 Å². The molecule has 6 nitrogen and oxygen atoms in total. The number of rotatable bonds is 2. The van der Waals surface area contributed by atoms with Crippen LogP contribution in [0.5, 0.6) is 0 Å². The molecule has 0 saturated carbocycles. The molecule has 2 aromatic rings. The predicted octanol–water partition coefficient (Wildman–Crippen LogP) is 2.31. The van der Waals surface area contributed by atoms with Crippen molar-refractivity contribution in [3.63, 3.8) is 0 Å². The summed E-state index contributed by atoms with van der Waals surface area (Å²) in [7, 11) is 1.88. The first kappa shape index (κ1) is 11.0. The van der Waals surface area contributed by atoms with E-state index in [1.807, 2.05) is 35.9 Å². The maximum absolute atomic E-state index is 5.09. The van der Waals surface area contributed by atoms with E-state index in [9.17, 15) is 0 Å². The summed E-state index contributed by atoms with van der Waals surface area (Å²) in [6.07, 6.45) is 0. The van der Waals surface area contributed by atoms with Gasteiger partial charge in [-0.15, -0.1) is 5.10 Å². The molecule has 0 fully saturated rings. The van der Waals surface area contributed by atoms with Gasteiger partial charge >= 0.3 is 0 Å². The third-order valence-corrected chi connectivity index (χ3v) is 3.17. The molecule has 3 rings (SSSR count). The first-order valence-corrected chi connectivity index (χ1v) is 5.82. The lowest BCUT2D eigenvalue weighted by Crippen LogP contribution is -2.01. The van der Waals surface area contributed by atoms with Crippen molar-refractivity contribution in [2.45, 2.75) is 0 Å². The topological polar surface area (TPSA) is 70.7 Å². The van der Waals surface area contributed by atoms with Gasteiger partial charge in [0.05, 0.1) is 5.71 Å². The van der Waals surface area contributed by atoms with Gasteiger partial charge < -0.3 is 4.57 Å². The molecule has 1 aliphatic heterocycles. The summed E-state index contributed by atoms with van der Waals surface area (Å²) in [6, 6.07) is 7.95. The fourth-order valence-corrected chi connectivity index (χ4v) is 1.91. The Kier molecular flexibility index (Phi) is 2.60. The highest BCUT2D eigenvalue weighted by molar-refractivity contribution is 7.71. The minimum Gasteiger partial charge on any atom is -0.303 e. The average molecular weight is 258 g/mol. The molecule has 0 amide bonds. The van der Waals surface area contributed by atoms with E-state index in [4.69, 9.17) is 12.2 Å². The SMILES string of the molecule is Cn1c(-c2ccc(C3=NN=NC3)cc2)n[nH]c1=S. The van der Waals surface area contributed by atoms with Crippen LogP contribution in [0.15, 0.2) is 39.7 Å². The Morgan fingerprint density at radius 3 is 2.50 bits per heavy atom. The molecule has 0 atom stereocenters. The monoisotopic (exact) mass is 258 g/mol. The highest BCUT2D eigenvalue weighted by Crippen LogP contribution is 2.18. The van der Waals surface area contributed by atoms with Crippen molar-refractivity contribution in [3.8, 4) is 11.4 Å². The molecule has 1 aliphatic rings. The second-order valence-electron chi connectivity index (χ2n) is 3.92. The highest BCUT2D eigenvalue weighted by Gasteiger charge is 2.09. The summed E-state index contributed by atoms with van der Waals surface area (Å²) < 4.78 is 2.44. The minimum absolute atomic E-state index is 0.547. The van der Waals surface area contributed by atoms with Crippen molar-refractivity contribution in [1.29, 1.82) is 0 Å². The lowest BCUT2D eigenvalue weighted by molar-refractivity contribution is 0.902. The zero-order chi connectivity index (χ0) is 12.5. The minimum atomic E-state index is 0.547. The Bertz CT molecular complexity index is 691. The maximum Gasteiger partial charge on any atom is 0.195 e. The predicted molar refractivity (Wildman–Crippen MR) is 70.1 cm³/mol. The summed E-state index contributed by atoms with van der Waals surface area (Å²) >= 11 is 5.09. The van der Waals surface area contributed by atoms with Crippen molar-refractivity contribution in [1.82, 2.24) is 14.8 Å². The molecule has 0 unspecified atom stereocenters. The second-order valence-corrected chi connectivity index (χ2v) is 4.31. The van der Waals surface area contributed by atoms with E-state index in [0.29, 0.717) is 11.3 Å². The smallest absolute Gasteiger partial charge is 0.195 e. The number of nitrogens with zero attached hydrogens (tertiary/aromatic N) is 5. The molecule has 1 aromatic carbocycles. The number of hydrogen-bond acceptors (Lipinski definition) is 5. The third kappa shape index (κ3) is 1.78. The van der Waals surface area contributed by atoms with E-state index in [-0.39, 0.29) is 0 Å². The molecular weight excluding hydrogens is 248 g/mol. The number of nitrogens with one attached hydrogen (secondary N) is 1. The van der Waals surface area contributed by atoms with E-state index in [2.05, 4.69) is 25.6 Å². The first-order valence-electron chi connectivity index (χ1n) is 5.41. The molecule has 7 heteroatoms. The Morgan fingerprint density at radius 1 is 1.22 bits per heavy atom. The van der Waals surface area contributed by atoms with E-state index >= 15 is 0 Å². The molecule has 0 aliphatic carbocycles. The number of aromatic nitrogens is 3. The van der Waals surface area contributed by atoms with Crippen LogP contribution in [-0.2, 0) is 7.05 Å². The molecule has 1 aromatic heterocycles. The van der Waals surface area contributed by atoms with Gasteiger partial charge in [-0.3, -0.25) is 5.10 Å². The standard InChI is InChI=1S/C11H10N6S/c1-17-10(14-15-11(17)18)8-4-2-7(3-5-8)9-6-12-16-13-9/h2-5H,6H2,1H3,(H,15,18). The van der Waals surface area contributed by atoms with Crippen LogP contribution in [-0.4, -0.2) is 27.0 Å². The number of aromatic amines is 1. The van der Waals surface area contributed by atoms with Gasteiger partial charge in [0, 0.05) is 12.6 Å². The van der Waals surface area contributed by atoms with E-state index in [1.54, 1.807) is 0 Å². The summed E-state index contributed by atoms with van der Waals surface area (Å²) in [5.74, 6) is 0.814. The fraction of sp³-hybridized carbons (Fsp3) is 0.182. The molecule has 1 N–H and O–H groups in total. The lowest BCUT2D eigenvalue weighted by Gasteiger charge is -2.02. The van der Waals surface area contributed by atoms with Gasteiger partial charge in [-0.25, -0.2) is 0 Å². The molecule has 0 radical (unpaired) electrons. The van der Waals surface area contributed by atoms with Gasteiger partial charge in [0.15, 0.2) is 10.6 Å². The van der Waals surface area contributed by atoms with E-state index < -0.39 is 0 Å². The Labute approximate surface area is 108 Å². The van der Waals surface area contributed by atoms with Crippen LogP contribution in [0.3, 0.4) is 0 Å². The van der Waals surface area contributed by atoms with Gasteiger partial charge in [-0.05, 0) is 23.0 Å². The van der Waals surface area contributed by atoms with Gasteiger partial charge in [0.2, 0.25) is 0 Å². The zero-order valence-electron chi connectivity index (χ0n) is 9.66. The van der Waals surface area contributed by atoms with Crippen molar-refractivity contribution in [2.24, 2.45) is 22.5 Å². The molecular formula is C11H10N6S. The highest BCUT2D eigenvalue weighted by atomic mass is 32.1. The molecule has 18 heavy (non-hydrogen) atoms. The lowest BCUT2D eigenvalue weighted by atomic mass is 10.1. The van der Waals surface area contributed by atoms with Crippen LogP contribution in [0.25, 0.3) is 11.4 Å². The number of H-pyrrole nitrogens is 1. The van der Waals surface area contributed by atoms with E-state index in [0.717, 1.165) is 22.7 Å². The van der Waals surface area contributed by atoms with Crippen molar-refractivity contribution < 1.29 is 0 Å². The molecule has 0 saturated heterocycles. The maximum atomic E-state index is 5.09. The third-order valence-electron chi connectivity index (χ3n) is 2.81. The van der Waals surface area contributed by atoms with Gasteiger partial charge in [0.1, 0.15) is 6.54 Å². The van der Waals surface area contributed by atoms with E-state index in [1.165, 1.54) is 0 Å². The van der Waals surface area contributed by atoms with Crippen LogP contribution >= 0.6 is 12.2 Å². The summed E-state index contributed by atoms with van der Waals surface area (Å²) in [5, 5.41) is 18.4. The Balaban J connectivity index is 1.96.